The first-order valence-electron chi connectivity index (χ1n) is 11.3. The van der Waals surface area contributed by atoms with Crippen LogP contribution in [-0.2, 0) is 9.47 Å². The van der Waals surface area contributed by atoms with Gasteiger partial charge in [0.15, 0.2) is 29.6 Å². The minimum Gasteiger partial charge on any atom is -0.352 e. The Morgan fingerprint density at radius 2 is 1.36 bits per heavy atom. The number of halogens is 4. The normalized spacial score (nSPS) is 18.5. The van der Waals surface area contributed by atoms with Crippen LogP contribution in [0.25, 0.3) is 22.3 Å². The fourth-order valence-electron chi connectivity index (χ4n) is 4.11. The van der Waals surface area contributed by atoms with Crippen molar-refractivity contribution in [3.05, 3.63) is 83.4 Å². The molecule has 0 aliphatic carbocycles. The van der Waals surface area contributed by atoms with E-state index >= 15 is 0 Å². The molecule has 174 valence electrons. The molecule has 0 saturated carbocycles. The molecule has 4 rings (SSSR count). The topological polar surface area (TPSA) is 18.5 Å². The highest BCUT2D eigenvalue weighted by molar-refractivity contribution is 5.71. The first-order chi connectivity index (χ1) is 16.0. The number of hydrogen-bond donors (Lipinski definition) is 0. The third-order valence-corrected chi connectivity index (χ3v) is 6.02. The summed E-state index contributed by atoms with van der Waals surface area (Å²) >= 11 is 0. The van der Waals surface area contributed by atoms with Crippen LogP contribution in [-0.4, -0.2) is 19.5 Å². The summed E-state index contributed by atoms with van der Waals surface area (Å²) in [7, 11) is 0. The molecule has 0 bridgehead atoms. The van der Waals surface area contributed by atoms with Crippen LogP contribution in [0.5, 0.6) is 0 Å². The Balaban J connectivity index is 1.49. The summed E-state index contributed by atoms with van der Waals surface area (Å²) in [6.45, 7) is 2.68. The summed E-state index contributed by atoms with van der Waals surface area (Å²) in [4.78, 5) is 0. The monoisotopic (exact) mass is 458 g/mol. The zero-order chi connectivity index (χ0) is 23.4. The lowest BCUT2D eigenvalue weighted by atomic mass is 9.94. The summed E-state index contributed by atoms with van der Waals surface area (Å²) < 4.78 is 68.9. The highest BCUT2D eigenvalue weighted by Crippen LogP contribution is 2.33. The van der Waals surface area contributed by atoms with Gasteiger partial charge in [-0.2, -0.15) is 0 Å². The molecule has 1 heterocycles. The van der Waals surface area contributed by atoms with Gasteiger partial charge in [0.25, 0.3) is 0 Å². The highest BCUT2D eigenvalue weighted by Gasteiger charge is 2.27. The summed E-state index contributed by atoms with van der Waals surface area (Å²) in [5, 5.41) is 0. The van der Waals surface area contributed by atoms with E-state index in [4.69, 9.17) is 9.47 Å². The molecule has 33 heavy (non-hydrogen) atoms. The molecule has 0 spiro atoms. The summed E-state index contributed by atoms with van der Waals surface area (Å²) in [5.74, 6) is -4.15. The highest BCUT2D eigenvalue weighted by atomic mass is 19.2. The number of ether oxygens (including phenoxy) is 2. The molecular weight excluding hydrogens is 432 g/mol. The van der Waals surface area contributed by atoms with Gasteiger partial charge in [-0.25, -0.2) is 17.6 Å². The third kappa shape index (κ3) is 5.12. The maximum Gasteiger partial charge on any atom is 0.166 e. The van der Waals surface area contributed by atoms with Crippen molar-refractivity contribution in [1.82, 2.24) is 0 Å². The second-order valence-electron chi connectivity index (χ2n) is 8.30. The lowest BCUT2D eigenvalue weighted by molar-refractivity contribution is -0.190. The van der Waals surface area contributed by atoms with Gasteiger partial charge in [-0.3, -0.25) is 0 Å². The number of benzene rings is 3. The van der Waals surface area contributed by atoms with Crippen molar-refractivity contribution in [2.75, 3.05) is 13.2 Å². The van der Waals surface area contributed by atoms with Crippen LogP contribution in [0.4, 0.5) is 17.6 Å². The molecule has 3 aromatic rings. The van der Waals surface area contributed by atoms with E-state index in [1.165, 1.54) is 18.2 Å². The van der Waals surface area contributed by atoms with Crippen LogP contribution in [0.3, 0.4) is 0 Å². The molecule has 0 radical (unpaired) electrons. The molecule has 0 unspecified atom stereocenters. The van der Waals surface area contributed by atoms with Gasteiger partial charge < -0.3 is 9.47 Å². The molecule has 0 atom stereocenters. The second-order valence-corrected chi connectivity index (χ2v) is 8.30. The van der Waals surface area contributed by atoms with Gasteiger partial charge in [-0.05, 0) is 35.6 Å². The van der Waals surface area contributed by atoms with Gasteiger partial charge >= 0.3 is 0 Å². The quantitative estimate of drug-likeness (QED) is 0.268. The van der Waals surface area contributed by atoms with E-state index in [1.807, 2.05) is 0 Å². The van der Waals surface area contributed by atoms with Gasteiger partial charge in [0.2, 0.25) is 0 Å². The molecule has 0 N–H and O–H groups in total. The smallest absolute Gasteiger partial charge is 0.166 e. The molecule has 1 saturated heterocycles. The molecule has 3 aromatic carbocycles. The van der Waals surface area contributed by atoms with Crippen molar-refractivity contribution in [3.63, 3.8) is 0 Å². The lowest BCUT2D eigenvalue weighted by Gasteiger charge is -2.30. The van der Waals surface area contributed by atoms with Crippen LogP contribution >= 0.6 is 0 Å². The molecule has 1 aliphatic rings. The number of rotatable bonds is 7. The van der Waals surface area contributed by atoms with E-state index < -0.39 is 23.3 Å². The van der Waals surface area contributed by atoms with Crippen molar-refractivity contribution < 1.29 is 27.0 Å². The Kier molecular flexibility index (Phi) is 7.46. The number of unbranched alkanes of at least 4 members (excludes halogenated alkanes) is 2. The number of hydrogen-bond acceptors (Lipinski definition) is 2. The van der Waals surface area contributed by atoms with Crippen LogP contribution in [0.1, 0.15) is 44.1 Å². The van der Waals surface area contributed by atoms with Crippen LogP contribution in [0.15, 0.2) is 54.6 Å². The SMILES string of the molecule is CCCCCC1OCC(c2ccc(-c3ccc(-c4cccc(F)c4F)cc3)c(F)c2F)CO1. The Morgan fingerprint density at radius 1 is 0.727 bits per heavy atom. The zero-order valence-electron chi connectivity index (χ0n) is 18.4. The van der Waals surface area contributed by atoms with Crippen LogP contribution < -0.4 is 0 Å². The van der Waals surface area contributed by atoms with Gasteiger partial charge in [-0.1, -0.05) is 68.3 Å². The van der Waals surface area contributed by atoms with Gasteiger partial charge in [0, 0.05) is 17.0 Å². The van der Waals surface area contributed by atoms with E-state index in [-0.39, 0.29) is 42.1 Å². The molecule has 1 aliphatic heterocycles. The predicted molar refractivity (Wildman–Crippen MR) is 120 cm³/mol. The molecule has 2 nitrogen and oxygen atoms in total. The van der Waals surface area contributed by atoms with Crippen LogP contribution in [0.2, 0.25) is 0 Å². The maximum atomic E-state index is 15.0. The van der Waals surface area contributed by atoms with Crippen molar-refractivity contribution in [3.8, 4) is 22.3 Å². The largest absolute Gasteiger partial charge is 0.352 e. The van der Waals surface area contributed by atoms with Gasteiger partial charge in [0.05, 0.1) is 13.2 Å². The minimum absolute atomic E-state index is 0.0950. The van der Waals surface area contributed by atoms with E-state index in [1.54, 1.807) is 30.3 Å². The van der Waals surface area contributed by atoms with Crippen molar-refractivity contribution in [2.45, 2.75) is 44.8 Å². The maximum absolute atomic E-state index is 15.0. The average Bonchev–Trinajstić information content (AvgIpc) is 2.84. The molecule has 0 aromatic heterocycles. The van der Waals surface area contributed by atoms with Gasteiger partial charge in [-0.15, -0.1) is 0 Å². The third-order valence-electron chi connectivity index (χ3n) is 6.02. The van der Waals surface area contributed by atoms with Crippen molar-refractivity contribution in [2.24, 2.45) is 0 Å². The van der Waals surface area contributed by atoms with E-state index in [9.17, 15) is 17.6 Å². The fraction of sp³-hybridized carbons (Fsp3) is 0.333. The average molecular weight is 458 g/mol. The van der Waals surface area contributed by atoms with Crippen molar-refractivity contribution >= 4 is 0 Å². The van der Waals surface area contributed by atoms with Crippen LogP contribution in [0, 0.1) is 23.3 Å². The molecule has 1 fully saturated rings. The molecular formula is C27H26F4O2. The zero-order valence-corrected chi connectivity index (χ0v) is 18.4. The summed E-state index contributed by atoms with van der Waals surface area (Å²) in [5.41, 5.74) is 1.30. The Morgan fingerprint density at radius 3 is 2.00 bits per heavy atom. The van der Waals surface area contributed by atoms with E-state index in [0.29, 0.717) is 11.1 Å². The predicted octanol–water partition coefficient (Wildman–Crippen LogP) is 7.61. The summed E-state index contributed by atoms with van der Waals surface area (Å²) in [6, 6.07) is 13.2. The summed E-state index contributed by atoms with van der Waals surface area (Å²) in [6.07, 6.45) is 3.73. The Labute approximate surface area is 191 Å². The standard InChI is InChI=1S/C27H26F4O2/c1-2-3-4-8-24-32-15-19(16-33-24)22-14-13-21(26(30)27(22)31)18-11-9-17(10-12-18)20-6-5-7-23(28)25(20)29/h5-7,9-14,19,24H,2-4,8,15-16H2,1H3. The van der Waals surface area contributed by atoms with E-state index in [0.717, 1.165) is 31.7 Å². The fourth-order valence-corrected chi connectivity index (χ4v) is 4.11. The Hall–Kier alpha value is -2.70. The van der Waals surface area contributed by atoms with Gasteiger partial charge in [0.1, 0.15) is 0 Å². The Bertz CT molecular complexity index is 1090. The molecule has 0 amide bonds. The van der Waals surface area contributed by atoms with E-state index in [2.05, 4.69) is 6.92 Å². The molecule has 6 heteroatoms. The first kappa shape index (κ1) is 23.5. The second kappa shape index (κ2) is 10.5. The first-order valence-corrected chi connectivity index (χ1v) is 11.3. The van der Waals surface area contributed by atoms with Crippen molar-refractivity contribution in [1.29, 1.82) is 0 Å². The lowest BCUT2D eigenvalue weighted by Crippen LogP contribution is -2.31. The minimum atomic E-state index is -0.956.